The van der Waals surface area contributed by atoms with Crippen LogP contribution in [0.3, 0.4) is 0 Å². The molecule has 204 valence electrons. The lowest BCUT2D eigenvalue weighted by Gasteiger charge is -2.32. The molecule has 1 aromatic carbocycles. The quantitative estimate of drug-likeness (QED) is 0.284. The summed E-state index contributed by atoms with van der Waals surface area (Å²) in [6.07, 6.45) is 2.09. The Hall–Kier alpha value is -3.42. The van der Waals surface area contributed by atoms with Crippen molar-refractivity contribution >= 4 is 34.8 Å². The van der Waals surface area contributed by atoms with Crippen LogP contribution in [0.15, 0.2) is 65.5 Å². The Kier molecular flexibility index (Phi) is 8.05. The van der Waals surface area contributed by atoms with Gasteiger partial charge in [-0.1, -0.05) is 30.7 Å². The highest BCUT2D eigenvalue weighted by molar-refractivity contribution is 7.80. The molecule has 0 spiro atoms. The normalized spacial score (nSPS) is 21.0. The summed E-state index contributed by atoms with van der Waals surface area (Å²) in [5, 5.41) is 9.92. The van der Waals surface area contributed by atoms with Crippen LogP contribution in [-0.2, 0) is 11.0 Å². The number of thiocarbonyl (C=S) groups is 1. The zero-order valence-electron chi connectivity index (χ0n) is 21.5. The Morgan fingerprint density at radius 3 is 2.54 bits per heavy atom. The topological polar surface area (TPSA) is 69.5 Å². The number of benzene rings is 1. The minimum Gasteiger partial charge on any atom is -0.493 e. The smallest absolute Gasteiger partial charge is 0.419 e. The fourth-order valence-electron chi connectivity index (χ4n) is 4.75. The van der Waals surface area contributed by atoms with Crippen molar-refractivity contribution in [2.45, 2.75) is 44.9 Å². The van der Waals surface area contributed by atoms with Crippen LogP contribution in [-0.4, -0.2) is 50.5 Å². The highest BCUT2D eigenvalue weighted by Crippen LogP contribution is 2.40. The lowest BCUT2D eigenvalue weighted by atomic mass is 9.91. The van der Waals surface area contributed by atoms with Crippen LogP contribution in [0, 0.1) is 17.2 Å². The molecule has 2 heterocycles. The van der Waals surface area contributed by atoms with Gasteiger partial charge in [-0.05, 0) is 74.0 Å². The van der Waals surface area contributed by atoms with Crippen molar-refractivity contribution in [2.24, 2.45) is 5.92 Å². The SMILES string of the molecule is CC1C(Cl)=C(C#N)C=CC1N1C(=O)C(C)(C)N(CCCOc2ccc(-c3ccncc3)cc2C(F)(F)F)C1=S. The van der Waals surface area contributed by atoms with Gasteiger partial charge in [-0.15, -0.1) is 0 Å². The third kappa shape index (κ3) is 5.52. The predicted molar refractivity (Wildman–Crippen MR) is 146 cm³/mol. The first kappa shape index (κ1) is 28.6. The zero-order valence-corrected chi connectivity index (χ0v) is 23.1. The largest absolute Gasteiger partial charge is 0.493 e. The second-order valence-electron chi connectivity index (χ2n) is 9.83. The van der Waals surface area contributed by atoms with Crippen LogP contribution in [0.1, 0.15) is 32.8 Å². The molecule has 2 aliphatic rings. The van der Waals surface area contributed by atoms with Crippen LogP contribution in [0.4, 0.5) is 13.2 Å². The average Bonchev–Trinajstić information content (AvgIpc) is 3.07. The molecule has 1 amide bonds. The van der Waals surface area contributed by atoms with Crippen LogP contribution < -0.4 is 4.74 Å². The maximum Gasteiger partial charge on any atom is 0.419 e. The van der Waals surface area contributed by atoms with E-state index in [2.05, 4.69) is 4.98 Å². The molecule has 6 nitrogen and oxygen atoms in total. The van der Waals surface area contributed by atoms with E-state index in [4.69, 9.17) is 28.6 Å². The Morgan fingerprint density at radius 2 is 1.90 bits per heavy atom. The van der Waals surface area contributed by atoms with E-state index in [-0.39, 0.29) is 24.2 Å². The van der Waals surface area contributed by atoms with Crippen LogP contribution in [0.2, 0.25) is 0 Å². The van der Waals surface area contributed by atoms with E-state index in [1.165, 1.54) is 23.4 Å². The molecule has 0 radical (unpaired) electrons. The molecule has 11 heteroatoms. The van der Waals surface area contributed by atoms with Gasteiger partial charge in [0, 0.05) is 29.9 Å². The van der Waals surface area contributed by atoms with E-state index in [1.54, 1.807) is 49.1 Å². The van der Waals surface area contributed by atoms with Gasteiger partial charge in [0.1, 0.15) is 17.4 Å². The van der Waals surface area contributed by atoms with Crippen LogP contribution in [0.5, 0.6) is 5.75 Å². The number of allylic oxidation sites excluding steroid dienone is 2. The number of hydrogen-bond acceptors (Lipinski definition) is 5. The number of hydrogen-bond donors (Lipinski definition) is 0. The van der Waals surface area contributed by atoms with Gasteiger partial charge in [-0.2, -0.15) is 18.4 Å². The van der Waals surface area contributed by atoms with Crippen molar-refractivity contribution in [3.63, 3.8) is 0 Å². The van der Waals surface area contributed by atoms with Crippen molar-refractivity contribution in [3.05, 3.63) is 71.0 Å². The standard InChI is InChI=1S/C28H26ClF3N4O2S/c1-17-22(7-5-20(16-33)24(17)29)36-25(37)27(2,3)35(26(36)39)13-4-14-38-23-8-6-19(15-21(23)28(30,31)32)18-9-11-34-12-10-18/h5-12,15,17,22H,4,13-14H2,1-3H3. The molecule has 2 atom stereocenters. The summed E-state index contributed by atoms with van der Waals surface area (Å²) in [4.78, 5) is 20.5. The van der Waals surface area contributed by atoms with E-state index >= 15 is 0 Å². The summed E-state index contributed by atoms with van der Waals surface area (Å²) >= 11 is 12.0. The van der Waals surface area contributed by atoms with Crippen LogP contribution in [0.25, 0.3) is 11.1 Å². The van der Waals surface area contributed by atoms with Crippen molar-refractivity contribution in [1.29, 1.82) is 5.26 Å². The molecule has 1 aliphatic carbocycles. The number of carbonyl (C=O) groups is 1. The summed E-state index contributed by atoms with van der Waals surface area (Å²) in [5.41, 5.74) is -0.473. The second kappa shape index (κ2) is 11.0. The number of carbonyl (C=O) groups excluding carboxylic acids is 1. The van der Waals surface area contributed by atoms with Gasteiger partial charge in [-0.25, -0.2) is 0 Å². The van der Waals surface area contributed by atoms with Gasteiger partial charge in [-0.3, -0.25) is 14.7 Å². The van der Waals surface area contributed by atoms with Crippen molar-refractivity contribution in [3.8, 4) is 22.9 Å². The molecule has 0 bridgehead atoms. The van der Waals surface area contributed by atoms with Gasteiger partial charge >= 0.3 is 6.18 Å². The summed E-state index contributed by atoms with van der Waals surface area (Å²) in [7, 11) is 0. The minimum absolute atomic E-state index is 0.0130. The highest BCUT2D eigenvalue weighted by atomic mass is 35.5. The van der Waals surface area contributed by atoms with Crippen molar-refractivity contribution in [2.75, 3.05) is 13.2 Å². The lowest BCUT2D eigenvalue weighted by Crippen LogP contribution is -2.46. The van der Waals surface area contributed by atoms with E-state index in [0.29, 0.717) is 39.8 Å². The molecular weight excluding hydrogens is 549 g/mol. The number of pyridine rings is 1. The number of nitriles is 1. The molecule has 39 heavy (non-hydrogen) atoms. The molecule has 4 rings (SSSR count). The summed E-state index contributed by atoms with van der Waals surface area (Å²) in [6, 6.07) is 8.82. The third-order valence-electron chi connectivity index (χ3n) is 6.98. The molecule has 1 aromatic heterocycles. The number of aromatic nitrogens is 1. The summed E-state index contributed by atoms with van der Waals surface area (Å²) < 4.78 is 47.0. The maximum atomic E-state index is 13.8. The Bertz CT molecular complexity index is 1390. The predicted octanol–water partition coefficient (Wildman–Crippen LogP) is 6.33. The van der Waals surface area contributed by atoms with Gasteiger partial charge in [0.15, 0.2) is 5.11 Å². The summed E-state index contributed by atoms with van der Waals surface area (Å²) in [6.45, 7) is 5.60. The molecule has 1 aliphatic heterocycles. The highest BCUT2D eigenvalue weighted by Gasteiger charge is 2.51. The van der Waals surface area contributed by atoms with Crippen LogP contribution >= 0.6 is 23.8 Å². The second-order valence-corrected chi connectivity index (χ2v) is 10.6. The molecule has 1 saturated heterocycles. The number of amides is 1. The van der Waals surface area contributed by atoms with Gasteiger partial charge in [0.2, 0.25) is 0 Å². The Morgan fingerprint density at radius 1 is 1.21 bits per heavy atom. The first-order chi connectivity index (χ1) is 18.4. The molecule has 0 N–H and O–H groups in total. The maximum absolute atomic E-state index is 13.8. The number of ether oxygens (including phenoxy) is 1. The Labute approximate surface area is 235 Å². The monoisotopic (exact) mass is 574 g/mol. The molecule has 2 aromatic rings. The number of nitrogens with zero attached hydrogens (tertiary/aromatic N) is 4. The first-order valence-electron chi connectivity index (χ1n) is 12.3. The number of rotatable bonds is 7. The molecule has 2 unspecified atom stereocenters. The van der Waals surface area contributed by atoms with E-state index in [0.717, 1.165) is 6.07 Å². The summed E-state index contributed by atoms with van der Waals surface area (Å²) in [5.74, 6) is -0.814. The van der Waals surface area contributed by atoms with Gasteiger partial charge < -0.3 is 9.64 Å². The first-order valence-corrected chi connectivity index (χ1v) is 13.0. The van der Waals surface area contributed by atoms with E-state index in [9.17, 15) is 23.2 Å². The lowest BCUT2D eigenvalue weighted by molar-refractivity contribution is -0.139. The molecule has 0 saturated carbocycles. The average molecular weight is 575 g/mol. The van der Waals surface area contributed by atoms with Crippen molar-refractivity contribution < 1.29 is 22.7 Å². The van der Waals surface area contributed by atoms with Gasteiger partial charge in [0.25, 0.3) is 5.91 Å². The minimum atomic E-state index is -4.60. The zero-order chi connectivity index (χ0) is 28.5. The van der Waals surface area contributed by atoms with E-state index in [1.807, 2.05) is 13.0 Å². The van der Waals surface area contributed by atoms with Gasteiger partial charge in [0.05, 0.1) is 23.8 Å². The third-order valence-corrected chi connectivity index (χ3v) is 7.95. The van der Waals surface area contributed by atoms with Crippen molar-refractivity contribution in [1.82, 2.24) is 14.8 Å². The molecule has 1 fully saturated rings. The Balaban J connectivity index is 1.45. The molecular formula is C28H26ClF3N4O2S. The fourth-order valence-corrected chi connectivity index (χ4v) is 5.51. The number of alkyl halides is 3. The van der Waals surface area contributed by atoms with E-state index < -0.39 is 23.3 Å². The fraction of sp³-hybridized carbons (Fsp3) is 0.357. The number of halogens is 4.